The second-order valence-corrected chi connectivity index (χ2v) is 13.9. The third kappa shape index (κ3) is 21.0. The lowest BCUT2D eigenvalue weighted by Gasteiger charge is -2.35. The Bertz CT molecular complexity index is 740. The molecule has 2 unspecified atom stereocenters. The van der Waals surface area contributed by atoms with E-state index in [0.717, 1.165) is 38.5 Å². The quantitative estimate of drug-likeness (QED) is 0.0271. The molecule has 45 heavy (non-hydrogen) atoms. The minimum atomic E-state index is -5.18. The molecular formula is C34H67O10P. The number of carbonyl (C=O) groups is 2. The van der Waals surface area contributed by atoms with Crippen molar-refractivity contribution in [2.45, 2.75) is 186 Å². The molecule has 268 valence electrons. The lowest BCUT2D eigenvalue weighted by atomic mass is 9.82. The highest BCUT2D eigenvalue weighted by Gasteiger charge is 2.55. The van der Waals surface area contributed by atoms with Crippen LogP contribution in [0.1, 0.15) is 168 Å². The number of phosphoric ester groups is 1. The highest BCUT2D eigenvalue weighted by Crippen LogP contribution is 2.49. The molecule has 0 amide bonds. The van der Waals surface area contributed by atoms with Crippen LogP contribution in [0, 0.1) is 0 Å². The van der Waals surface area contributed by atoms with Crippen LogP contribution in [0.5, 0.6) is 0 Å². The summed E-state index contributed by atoms with van der Waals surface area (Å²) in [6, 6.07) is 0. The molecule has 0 saturated carbocycles. The van der Waals surface area contributed by atoms with Crippen LogP contribution in [0.3, 0.4) is 0 Å². The second kappa shape index (κ2) is 28.3. The number of hydrogen-bond donors (Lipinski definition) is 5. The minimum absolute atomic E-state index is 0.183. The van der Waals surface area contributed by atoms with E-state index in [2.05, 4.69) is 13.8 Å². The van der Waals surface area contributed by atoms with Gasteiger partial charge in [-0.2, -0.15) is 0 Å². The van der Waals surface area contributed by atoms with E-state index in [-0.39, 0.29) is 12.8 Å². The maximum Gasteiger partial charge on any atom is 0.473 e. The first-order valence-electron chi connectivity index (χ1n) is 17.9. The Morgan fingerprint density at radius 3 is 1.24 bits per heavy atom. The number of Topliss-reactive ketones (excluding diaryl/α,β-unsaturated/α-hetero) is 2. The van der Waals surface area contributed by atoms with E-state index in [1.54, 1.807) is 0 Å². The van der Waals surface area contributed by atoms with E-state index >= 15 is 0 Å². The molecular weight excluding hydrogens is 599 g/mol. The smallest absolute Gasteiger partial charge is 0.394 e. The van der Waals surface area contributed by atoms with Crippen LogP contribution in [-0.4, -0.2) is 74.5 Å². The maximum atomic E-state index is 13.5. The fourth-order valence-corrected chi connectivity index (χ4v) is 6.63. The van der Waals surface area contributed by atoms with Crippen molar-refractivity contribution >= 4 is 19.4 Å². The Kier molecular flexibility index (Phi) is 27.9. The molecule has 3 atom stereocenters. The molecule has 11 heteroatoms. The van der Waals surface area contributed by atoms with Crippen molar-refractivity contribution in [3.8, 4) is 0 Å². The van der Waals surface area contributed by atoms with Crippen LogP contribution < -0.4 is 0 Å². The Balaban J connectivity index is 5.16. The van der Waals surface area contributed by atoms with Crippen molar-refractivity contribution in [1.29, 1.82) is 0 Å². The average Bonchev–Trinajstić information content (AvgIpc) is 3.03. The summed E-state index contributed by atoms with van der Waals surface area (Å²) in [6.45, 7) is 1.80. The van der Waals surface area contributed by atoms with Crippen LogP contribution in [0.2, 0.25) is 0 Å². The Morgan fingerprint density at radius 1 is 0.600 bits per heavy atom. The van der Waals surface area contributed by atoms with Crippen molar-refractivity contribution in [3.05, 3.63) is 0 Å². The summed E-state index contributed by atoms with van der Waals surface area (Å²) in [4.78, 5) is 37.5. The number of aliphatic hydroxyl groups is 4. The number of hydrogen-bond acceptors (Lipinski definition) is 9. The second-order valence-electron chi connectivity index (χ2n) is 12.5. The third-order valence-corrected chi connectivity index (χ3v) is 9.38. The van der Waals surface area contributed by atoms with Crippen molar-refractivity contribution < 1.29 is 48.5 Å². The highest BCUT2D eigenvalue weighted by molar-refractivity contribution is 7.47. The molecule has 0 spiro atoms. The van der Waals surface area contributed by atoms with Gasteiger partial charge in [-0.1, -0.05) is 142 Å². The molecule has 0 aromatic rings. The van der Waals surface area contributed by atoms with E-state index in [1.807, 2.05) is 0 Å². The summed E-state index contributed by atoms with van der Waals surface area (Å²) in [7, 11) is -5.18. The molecule has 0 rings (SSSR count). The van der Waals surface area contributed by atoms with Gasteiger partial charge in [-0.25, -0.2) is 4.57 Å². The van der Waals surface area contributed by atoms with Gasteiger partial charge in [-0.15, -0.1) is 0 Å². The van der Waals surface area contributed by atoms with Gasteiger partial charge in [0.05, 0.1) is 19.8 Å². The molecule has 0 aromatic heterocycles. The number of carbonyl (C=O) groups excluding carboxylic acids is 2. The Hall–Kier alpha value is -0.710. The van der Waals surface area contributed by atoms with Gasteiger partial charge in [0.2, 0.25) is 5.60 Å². The molecule has 0 aromatic carbocycles. The zero-order chi connectivity index (χ0) is 33.8. The molecule has 0 heterocycles. The zero-order valence-electron chi connectivity index (χ0n) is 28.5. The topological polar surface area (TPSA) is 171 Å². The van der Waals surface area contributed by atoms with Crippen LogP contribution in [0.25, 0.3) is 0 Å². The Morgan fingerprint density at radius 2 is 0.933 bits per heavy atom. The molecule has 0 aliphatic heterocycles. The fourth-order valence-electron chi connectivity index (χ4n) is 5.53. The van der Waals surface area contributed by atoms with Crippen LogP contribution in [-0.2, 0) is 23.2 Å². The number of aliphatic hydroxyl groups excluding tert-OH is 4. The van der Waals surface area contributed by atoms with Gasteiger partial charge >= 0.3 is 7.82 Å². The van der Waals surface area contributed by atoms with E-state index in [4.69, 9.17) is 14.2 Å². The van der Waals surface area contributed by atoms with E-state index in [1.165, 1.54) is 77.0 Å². The zero-order valence-corrected chi connectivity index (χ0v) is 29.4. The lowest BCUT2D eigenvalue weighted by Crippen LogP contribution is -2.58. The first kappa shape index (κ1) is 44.3. The average molecular weight is 667 g/mol. The number of ketones is 2. The van der Waals surface area contributed by atoms with E-state index < -0.39 is 57.0 Å². The van der Waals surface area contributed by atoms with Gasteiger partial charge in [0.25, 0.3) is 0 Å². The summed E-state index contributed by atoms with van der Waals surface area (Å²) >= 11 is 0. The van der Waals surface area contributed by atoms with E-state index in [9.17, 15) is 34.4 Å². The standard InChI is InChI=1S/C34H67O10P/c1-3-5-7-9-11-13-15-17-19-21-23-25-31(38)34(33(40)28-36,44-45(41,42)43-29-30(37)27-35)32(39)26-24-22-20-18-16-14-12-10-8-6-4-2/h30,33,35-37,40H,3-29H2,1-2H3,(H,41,42)/t30-,33?/m1/s1. The molecule has 10 nitrogen and oxygen atoms in total. The van der Waals surface area contributed by atoms with Crippen LogP contribution >= 0.6 is 7.82 Å². The molecule has 0 bridgehead atoms. The largest absolute Gasteiger partial charge is 0.473 e. The van der Waals surface area contributed by atoms with Crippen molar-refractivity contribution in [3.63, 3.8) is 0 Å². The van der Waals surface area contributed by atoms with Gasteiger partial charge < -0.3 is 25.3 Å². The molecule has 0 radical (unpaired) electrons. The Labute approximate surface area is 273 Å². The third-order valence-electron chi connectivity index (χ3n) is 8.39. The number of phosphoric acid groups is 1. The molecule has 0 saturated heterocycles. The number of unbranched alkanes of at least 4 members (excludes halogenated alkanes) is 20. The first-order chi connectivity index (χ1) is 21.6. The maximum absolute atomic E-state index is 13.5. The van der Waals surface area contributed by atoms with Crippen molar-refractivity contribution in [1.82, 2.24) is 0 Å². The SMILES string of the molecule is CCCCCCCCCCCCCC(=O)C(OP(=O)(O)OC[C@H](O)CO)(C(=O)CCCCCCCCCCCCC)C(O)CO. The molecule has 0 aliphatic rings. The van der Waals surface area contributed by atoms with E-state index in [0.29, 0.717) is 25.7 Å². The summed E-state index contributed by atoms with van der Waals surface area (Å²) < 4.78 is 22.7. The number of rotatable bonds is 34. The lowest BCUT2D eigenvalue weighted by molar-refractivity contribution is -0.165. The van der Waals surface area contributed by atoms with Crippen molar-refractivity contribution in [2.24, 2.45) is 0 Å². The normalized spacial score (nSPS) is 14.7. The summed E-state index contributed by atoms with van der Waals surface area (Å²) in [5, 5.41) is 39.1. The predicted octanol–water partition coefficient (Wildman–Crippen LogP) is 7.11. The van der Waals surface area contributed by atoms with Gasteiger partial charge in [-0.05, 0) is 12.8 Å². The summed E-state index contributed by atoms with van der Waals surface area (Å²) in [6.07, 6.45) is 19.1. The van der Waals surface area contributed by atoms with Gasteiger partial charge in [0, 0.05) is 12.8 Å². The molecule has 5 N–H and O–H groups in total. The summed E-state index contributed by atoms with van der Waals surface area (Å²) in [5.41, 5.74) is -2.78. The fraction of sp³-hybridized carbons (Fsp3) is 0.941. The monoisotopic (exact) mass is 666 g/mol. The minimum Gasteiger partial charge on any atom is -0.394 e. The highest BCUT2D eigenvalue weighted by atomic mass is 31.2. The molecule has 0 fully saturated rings. The predicted molar refractivity (Wildman–Crippen MR) is 178 cm³/mol. The van der Waals surface area contributed by atoms with Crippen molar-refractivity contribution in [2.75, 3.05) is 19.8 Å². The summed E-state index contributed by atoms with van der Waals surface area (Å²) in [5.74, 6) is -1.76. The van der Waals surface area contributed by atoms with Crippen LogP contribution in [0.4, 0.5) is 0 Å². The van der Waals surface area contributed by atoms with Gasteiger partial charge in [0.1, 0.15) is 12.2 Å². The molecule has 0 aliphatic carbocycles. The van der Waals surface area contributed by atoms with Gasteiger partial charge in [-0.3, -0.25) is 18.6 Å². The van der Waals surface area contributed by atoms with Gasteiger partial charge in [0.15, 0.2) is 11.6 Å². The van der Waals surface area contributed by atoms with Crippen LogP contribution in [0.15, 0.2) is 0 Å². The first-order valence-corrected chi connectivity index (χ1v) is 19.4.